The van der Waals surface area contributed by atoms with Crippen LogP contribution in [0.25, 0.3) is 0 Å². The molecule has 0 aliphatic carbocycles. The van der Waals surface area contributed by atoms with E-state index < -0.39 is 11.9 Å². The molecular formula is C26H30N4O4. The van der Waals surface area contributed by atoms with Crippen molar-refractivity contribution < 1.29 is 19.2 Å². The second kappa shape index (κ2) is 11.1. The van der Waals surface area contributed by atoms with Crippen LogP contribution in [0.3, 0.4) is 0 Å². The van der Waals surface area contributed by atoms with Crippen LogP contribution >= 0.6 is 0 Å². The summed E-state index contributed by atoms with van der Waals surface area (Å²) in [5, 5.41) is 8.37. The lowest BCUT2D eigenvalue weighted by Crippen LogP contribution is -2.40. The maximum Gasteiger partial charge on any atom is 0.253 e. The number of aldehydes is 1. The highest BCUT2D eigenvalue weighted by Gasteiger charge is 2.32. The topological polar surface area (TPSA) is 108 Å². The van der Waals surface area contributed by atoms with E-state index in [1.165, 1.54) is 0 Å². The summed E-state index contributed by atoms with van der Waals surface area (Å²) in [4.78, 5) is 51.7. The zero-order valence-corrected chi connectivity index (χ0v) is 19.0. The normalized spacial score (nSPS) is 21.0. The summed E-state index contributed by atoms with van der Waals surface area (Å²) >= 11 is 0. The lowest BCUT2D eigenvalue weighted by Gasteiger charge is -2.24. The third-order valence-corrected chi connectivity index (χ3v) is 6.51. The second-order valence-electron chi connectivity index (χ2n) is 8.88. The number of carbonyl (C=O) groups is 4. The first kappa shape index (κ1) is 23.6. The zero-order valence-electron chi connectivity index (χ0n) is 19.0. The van der Waals surface area contributed by atoms with Crippen LogP contribution in [0.1, 0.15) is 41.6 Å². The minimum atomic E-state index is -0.777. The van der Waals surface area contributed by atoms with Gasteiger partial charge in [0, 0.05) is 19.0 Å². The van der Waals surface area contributed by atoms with Crippen molar-refractivity contribution in [3.05, 3.63) is 65.7 Å². The minimum absolute atomic E-state index is 0.0922. The Kier molecular flexibility index (Phi) is 7.69. The average Bonchev–Trinajstić information content (AvgIpc) is 3.48. The maximum atomic E-state index is 13.1. The van der Waals surface area contributed by atoms with Crippen LogP contribution in [0.4, 0.5) is 5.69 Å². The monoisotopic (exact) mass is 462 g/mol. The maximum absolute atomic E-state index is 13.1. The van der Waals surface area contributed by atoms with Gasteiger partial charge in [0.1, 0.15) is 6.29 Å². The van der Waals surface area contributed by atoms with Crippen LogP contribution in [0.2, 0.25) is 0 Å². The standard InChI is InChI=1S/C26H30N4O4/c31-17-20(15-19-12-13-27-24(19)32)28-25(33)21-9-4-5-10-22(21)29-26(34)23-11-6-14-30(23)16-18-7-2-1-3-8-18/h1-5,7-10,17,19-20,23H,6,11-16H2,(H,27,32)(H,28,33)(H,29,34)/t19?,20-,23-/m0/s1. The van der Waals surface area contributed by atoms with Crippen LogP contribution in [-0.4, -0.2) is 54.1 Å². The van der Waals surface area contributed by atoms with Gasteiger partial charge in [-0.1, -0.05) is 42.5 Å². The van der Waals surface area contributed by atoms with E-state index in [1.807, 2.05) is 30.3 Å². The molecule has 8 nitrogen and oxygen atoms in total. The van der Waals surface area contributed by atoms with Crippen molar-refractivity contribution in [3.8, 4) is 0 Å². The third kappa shape index (κ3) is 5.69. The highest BCUT2D eigenvalue weighted by atomic mass is 16.2. The van der Waals surface area contributed by atoms with Gasteiger partial charge in [-0.2, -0.15) is 0 Å². The summed E-state index contributed by atoms with van der Waals surface area (Å²) in [6.45, 7) is 2.11. The van der Waals surface area contributed by atoms with Gasteiger partial charge in [0.25, 0.3) is 5.91 Å². The molecular weight excluding hydrogens is 432 g/mol. The Morgan fingerprint density at radius 3 is 2.59 bits per heavy atom. The van der Waals surface area contributed by atoms with E-state index in [1.54, 1.807) is 24.3 Å². The molecule has 2 saturated heterocycles. The first-order valence-electron chi connectivity index (χ1n) is 11.8. The summed E-state index contributed by atoms with van der Waals surface area (Å²) in [5.74, 6) is -0.990. The molecule has 2 aromatic carbocycles. The molecule has 0 aromatic heterocycles. The van der Waals surface area contributed by atoms with Gasteiger partial charge in [-0.25, -0.2) is 0 Å². The lowest BCUT2D eigenvalue weighted by molar-refractivity contribution is -0.123. The number of nitrogens with zero attached hydrogens (tertiary/aromatic N) is 1. The summed E-state index contributed by atoms with van der Waals surface area (Å²) in [7, 11) is 0. The molecule has 0 radical (unpaired) electrons. The van der Waals surface area contributed by atoms with Crippen molar-refractivity contribution in [2.24, 2.45) is 5.92 Å². The SMILES string of the molecule is O=C[C@H](CC1CCNC1=O)NC(=O)c1ccccc1NC(=O)[C@@H]1CCCN1Cc1ccccc1. The Bertz CT molecular complexity index is 1040. The molecule has 3 N–H and O–H groups in total. The number of rotatable bonds is 9. The Labute approximate surface area is 199 Å². The quantitative estimate of drug-likeness (QED) is 0.495. The van der Waals surface area contributed by atoms with E-state index in [0.717, 1.165) is 24.9 Å². The second-order valence-corrected chi connectivity index (χ2v) is 8.88. The first-order chi connectivity index (χ1) is 16.5. The van der Waals surface area contributed by atoms with Crippen molar-refractivity contribution in [2.45, 2.75) is 44.3 Å². The number of benzene rings is 2. The molecule has 3 amide bonds. The predicted octanol–water partition coefficient (Wildman–Crippen LogP) is 2.11. The average molecular weight is 463 g/mol. The fraction of sp³-hybridized carbons (Fsp3) is 0.385. The van der Waals surface area contributed by atoms with Crippen LogP contribution < -0.4 is 16.0 Å². The molecule has 2 heterocycles. The molecule has 4 rings (SSSR count). The van der Waals surface area contributed by atoms with E-state index >= 15 is 0 Å². The molecule has 2 aliphatic rings. The molecule has 0 bridgehead atoms. The van der Waals surface area contributed by atoms with Gasteiger partial charge < -0.3 is 20.7 Å². The molecule has 34 heavy (non-hydrogen) atoms. The van der Waals surface area contributed by atoms with Crippen LogP contribution in [0.15, 0.2) is 54.6 Å². The van der Waals surface area contributed by atoms with Gasteiger partial charge in [-0.15, -0.1) is 0 Å². The predicted molar refractivity (Wildman–Crippen MR) is 128 cm³/mol. The summed E-state index contributed by atoms with van der Waals surface area (Å²) in [6, 6.07) is 15.7. The number of carbonyl (C=O) groups excluding carboxylic acids is 4. The van der Waals surface area contributed by atoms with Crippen molar-refractivity contribution in [2.75, 3.05) is 18.4 Å². The smallest absolute Gasteiger partial charge is 0.253 e. The van der Waals surface area contributed by atoms with Crippen molar-refractivity contribution >= 4 is 29.7 Å². The van der Waals surface area contributed by atoms with E-state index in [0.29, 0.717) is 31.5 Å². The Morgan fingerprint density at radius 1 is 1.09 bits per heavy atom. The van der Waals surface area contributed by atoms with Crippen molar-refractivity contribution in [3.63, 3.8) is 0 Å². The van der Waals surface area contributed by atoms with Crippen molar-refractivity contribution in [1.82, 2.24) is 15.5 Å². The number of para-hydroxylation sites is 1. The number of nitrogens with one attached hydrogen (secondary N) is 3. The highest BCUT2D eigenvalue weighted by molar-refractivity contribution is 6.05. The first-order valence-corrected chi connectivity index (χ1v) is 11.8. The number of hydrogen-bond acceptors (Lipinski definition) is 5. The Balaban J connectivity index is 1.41. The van der Waals surface area contributed by atoms with E-state index in [4.69, 9.17) is 0 Å². The number of anilines is 1. The molecule has 0 spiro atoms. The number of amides is 3. The highest BCUT2D eigenvalue weighted by Crippen LogP contribution is 2.23. The van der Waals surface area contributed by atoms with E-state index in [2.05, 4.69) is 20.9 Å². The van der Waals surface area contributed by atoms with Gasteiger partial charge in [-0.05, 0) is 49.9 Å². The Hall–Kier alpha value is -3.52. The molecule has 2 fully saturated rings. The molecule has 8 heteroatoms. The van der Waals surface area contributed by atoms with Crippen molar-refractivity contribution in [1.29, 1.82) is 0 Å². The molecule has 2 aliphatic heterocycles. The van der Waals surface area contributed by atoms with Gasteiger partial charge in [0.15, 0.2) is 0 Å². The molecule has 178 valence electrons. The summed E-state index contributed by atoms with van der Waals surface area (Å²) in [5.41, 5.74) is 1.84. The summed E-state index contributed by atoms with van der Waals surface area (Å²) in [6.07, 6.45) is 3.25. The third-order valence-electron chi connectivity index (χ3n) is 6.51. The molecule has 2 aromatic rings. The van der Waals surface area contributed by atoms with Crippen LogP contribution in [-0.2, 0) is 20.9 Å². The largest absolute Gasteiger partial charge is 0.356 e. The van der Waals surface area contributed by atoms with Gasteiger partial charge in [-0.3, -0.25) is 19.3 Å². The Morgan fingerprint density at radius 2 is 1.85 bits per heavy atom. The minimum Gasteiger partial charge on any atom is -0.356 e. The zero-order chi connectivity index (χ0) is 23.9. The fourth-order valence-corrected chi connectivity index (χ4v) is 4.71. The van der Waals surface area contributed by atoms with Gasteiger partial charge in [0.2, 0.25) is 11.8 Å². The van der Waals surface area contributed by atoms with E-state index in [9.17, 15) is 19.2 Å². The van der Waals surface area contributed by atoms with E-state index in [-0.39, 0.29) is 35.8 Å². The number of hydrogen-bond donors (Lipinski definition) is 3. The lowest BCUT2D eigenvalue weighted by atomic mass is 9.99. The fourth-order valence-electron chi connectivity index (χ4n) is 4.71. The van der Waals surface area contributed by atoms with Crippen LogP contribution in [0, 0.1) is 5.92 Å². The summed E-state index contributed by atoms with van der Waals surface area (Å²) < 4.78 is 0. The molecule has 1 unspecified atom stereocenters. The number of likely N-dealkylation sites (tertiary alicyclic amines) is 1. The van der Waals surface area contributed by atoms with Gasteiger partial charge in [0.05, 0.1) is 23.3 Å². The molecule has 0 saturated carbocycles. The van der Waals surface area contributed by atoms with Gasteiger partial charge >= 0.3 is 0 Å². The van der Waals surface area contributed by atoms with Crippen LogP contribution in [0.5, 0.6) is 0 Å². The molecule has 3 atom stereocenters.